The maximum atomic E-state index is 5.47. The number of fused-ring (bicyclic) bond motifs is 13. The average molecular weight is 654 g/mol. The second kappa shape index (κ2) is 10.6. The zero-order valence-corrected chi connectivity index (χ0v) is 27.7. The molecule has 0 aliphatic heterocycles. The molecule has 0 N–H and O–H groups in total. The molecule has 11 rings (SSSR count). The Morgan fingerprint density at radius 1 is 0.380 bits per heavy atom. The lowest BCUT2D eigenvalue weighted by atomic mass is 9.92. The van der Waals surface area contributed by atoms with Crippen molar-refractivity contribution in [1.29, 1.82) is 0 Å². The highest BCUT2D eigenvalue weighted by atomic mass is 32.1. The van der Waals surface area contributed by atoms with Crippen LogP contribution in [0.3, 0.4) is 0 Å². The van der Waals surface area contributed by atoms with Crippen molar-refractivity contribution in [2.75, 3.05) is 0 Å². The number of benzene rings is 8. The maximum Gasteiger partial charge on any atom is 0.235 e. The molecule has 8 aromatic carbocycles. The van der Waals surface area contributed by atoms with Crippen molar-refractivity contribution in [1.82, 2.24) is 14.5 Å². The summed E-state index contributed by atoms with van der Waals surface area (Å²) in [5, 5.41) is 11.2. The van der Waals surface area contributed by atoms with Gasteiger partial charge < -0.3 is 0 Å². The molecule has 0 atom stereocenters. The summed E-state index contributed by atoms with van der Waals surface area (Å²) in [5.74, 6) is 0.679. The van der Waals surface area contributed by atoms with Crippen LogP contribution in [-0.2, 0) is 0 Å². The lowest BCUT2D eigenvalue weighted by Gasteiger charge is -2.13. The van der Waals surface area contributed by atoms with E-state index in [1.54, 1.807) is 11.3 Å². The molecule has 11 aromatic rings. The monoisotopic (exact) mass is 653 g/mol. The van der Waals surface area contributed by atoms with Crippen LogP contribution in [0, 0.1) is 0 Å². The Balaban J connectivity index is 1.25. The minimum absolute atomic E-state index is 0.679. The smallest absolute Gasteiger partial charge is 0.235 e. The van der Waals surface area contributed by atoms with Gasteiger partial charge in [-0.2, -0.15) is 0 Å². The topological polar surface area (TPSA) is 30.7 Å². The second-order valence-corrected chi connectivity index (χ2v) is 14.0. The number of hydrogen-bond acceptors (Lipinski definition) is 3. The van der Waals surface area contributed by atoms with Crippen molar-refractivity contribution >= 4 is 85.8 Å². The quantitative estimate of drug-likeness (QED) is 0.178. The van der Waals surface area contributed by atoms with Crippen LogP contribution in [0.1, 0.15) is 0 Å². The van der Waals surface area contributed by atoms with E-state index in [2.05, 4.69) is 168 Å². The van der Waals surface area contributed by atoms with Gasteiger partial charge in [-0.1, -0.05) is 146 Å². The summed E-state index contributed by atoms with van der Waals surface area (Å²) in [4.78, 5) is 10.9. The third kappa shape index (κ3) is 3.91. The van der Waals surface area contributed by atoms with Crippen LogP contribution >= 0.6 is 11.3 Å². The predicted octanol–water partition coefficient (Wildman–Crippen LogP) is 12.7. The fraction of sp³-hybridized carbons (Fsp3) is 0. The summed E-state index contributed by atoms with van der Waals surface area (Å²) in [6.45, 7) is 0. The molecular formula is C46H27N3S. The molecule has 0 bridgehead atoms. The van der Waals surface area contributed by atoms with Crippen LogP contribution in [0.15, 0.2) is 164 Å². The van der Waals surface area contributed by atoms with E-state index in [9.17, 15) is 0 Å². The van der Waals surface area contributed by atoms with Crippen molar-refractivity contribution in [3.8, 4) is 28.3 Å². The third-order valence-corrected chi connectivity index (χ3v) is 11.4. The van der Waals surface area contributed by atoms with E-state index in [4.69, 9.17) is 9.97 Å². The van der Waals surface area contributed by atoms with Crippen LogP contribution in [-0.4, -0.2) is 14.5 Å². The number of aromatic nitrogens is 3. The van der Waals surface area contributed by atoms with E-state index < -0.39 is 0 Å². The van der Waals surface area contributed by atoms with Gasteiger partial charge in [0.2, 0.25) is 5.95 Å². The Morgan fingerprint density at radius 3 is 1.70 bits per heavy atom. The SMILES string of the molecule is c1ccc(-c2ccc(-c3nc(-n4c5ccccc5c5c6c7ccccc7c7ccccc7c6ccc54)nc4c3sc3ccccc34)cc2)cc1. The van der Waals surface area contributed by atoms with Crippen molar-refractivity contribution in [2.45, 2.75) is 0 Å². The molecule has 0 saturated heterocycles. The average Bonchev–Trinajstić information content (AvgIpc) is 3.74. The summed E-state index contributed by atoms with van der Waals surface area (Å²) < 4.78 is 4.59. The number of para-hydroxylation sites is 1. The second-order valence-electron chi connectivity index (χ2n) is 12.9. The summed E-state index contributed by atoms with van der Waals surface area (Å²) in [6.07, 6.45) is 0. The highest BCUT2D eigenvalue weighted by Crippen LogP contribution is 2.44. The number of thiophene rings is 1. The summed E-state index contributed by atoms with van der Waals surface area (Å²) in [5.41, 5.74) is 7.60. The molecule has 3 heterocycles. The molecule has 3 nitrogen and oxygen atoms in total. The Kier molecular flexibility index (Phi) is 5.83. The predicted molar refractivity (Wildman–Crippen MR) is 213 cm³/mol. The van der Waals surface area contributed by atoms with Gasteiger partial charge in [0.05, 0.1) is 26.9 Å². The summed E-state index contributed by atoms with van der Waals surface area (Å²) in [6, 6.07) is 58.8. The van der Waals surface area contributed by atoms with Crippen molar-refractivity contribution in [3.63, 3.8) is 0 Å². The van der Waals surface area contributed by atoms with Crippen LogP contribution in [0.2, 0.25) is 0 Å². The van der Waals surface area contributed by atoms with Crippen molar-refractivity contribution < 1.29 is 0 Å². The van der Waals surface area contributed by atoms with E-state index in [0.717, 1.165) is 37.9 Å². The van der Waals surface area contributed by atoms with Crippen LogP contribution in [0.25, 0.3) is 103 Å². The number of rotatable bonds is 3. The molecule has 232 valence electrons. The van der Waals surface area contributed by atoms with Crippen LogP contribution < -0.4 is 0 Å². The zero-order chi connectivity index (χ0) is 32.8. The van der Waals surface area contributed by atoms with Gasteiger partial charge in [0.1, 0.15) is 0 Å². The molecule has 0 unspecified atom stereocenters. The Labute approximate surface area is 291 Å². The van der Waals surface area contributed by atoms with Gasteiger partial charge in [0.25, 0.3) is 0 Å². The molecular weight excluding hydrogens is 627 g/mol. The van der Waals surface area contributed by atoms with E-state index in [1.807, 2.05) is 0 Å². The zero-order valence-electron chi connectivity index (χ0n) is 26.8. The van der Waals surface area contributed by atoms with E-state index in [-0.39, 0.29) is 0 Å². The van der Waals surface area contributed by atoms with Gasteiger partial charge >= 0.3 is 0 Å². The van der Waals surface area contributed by atoms with Crippen molar-refractivity contribution in [2.24, 2.45) is 0 Å². The molecule has 0 amide bonds. The maximum absolute atomic E-state index is 5.47. The molecule has 0 radical (unpaired) electrons. The highest BCUT2D eigenvalue weighted by molar-refractivity contribution is 7.26. The first kappa shape index (κ1) is 27.6. The molecule has 3 aromatic heterocycles. The minimum atomic E-state index is 0.679. The molecule has 0 fully saturated rings. The van der Waals surface area contributed by atoms with Gasteiger partial charge in [-0.25, -0.2) is 9.97 Å². The largest absolute Gasteiger partial charge is 0.278 e. The number of hydrogen-bond donors (Lipinski definition) is 0. The van der Waals surface area contributed by atoms with Crippen LogP contribution in [0.5, 0.6) is 0 Å². The van der Waals surface area contributed by atoms with Gasteiger partial charge in [0, 0.05) is 31.8 Å². The lowest BCUT2D eigenvalue weighted by Crippen LogP contribution is -2.02. The summed E-state index contributed by atoms with van der Waals surface area (Å²) in [7, 11) is 0. The van der Waals surface area contributed by atoms with E-state index >= 15 is 0 Å². The highest BCUT2D eigenvalue weighted by Gasteiger charge is 2.22. The lowest BCUT2D eigenvalue weighted by molar-refractivity contribution is 1.02. The normalized spacial score (nSPS) is 12.0. The Bertz CT molecular complexity index is 3100. The Morgan fingerprint density at radius 2 is 0.940 bits per heavy atom. The first-order valence-electron chi connectivity index (χ1n) is 16.9. The first-order chi connectivity index (χ1) is 24.8. The summed E-state index contributed by atoms with van der Waals surface area (Å²) >= 11 is 1.77. The third-order valence-electron chi connectivity index (χ3n) is 10.2. The van der Waals surface area contributed by atoms with Gasteiger partial charge in [-0.05, 0) is 56.3 Å². The van der Waals surface area contributed by atoms with Gasteiger partial charge in [0.15, 0.2) is 0 Å². The van der Waals surface area contributed by atoms with E-state index in [1.165, 1.54) is 58.9 Å². The minimum Gasteiger partial charge on any atom is -0.278 e. The molecule has 0 aliphatic rings. The van der Waals surface area contributed by atoms with Gasteiger partial charge in [-0.3, -0.25) is 4.57 Å². The fourth-order valence-corrected chi connectivity index (χ4v) is 9.15. The van der Waals surface area contributed by atoms with Crippen LogP contribution in [0.4, 0.5) is 0 Å². The molecule has 0 spiro atoms. The molecule has 0 aliphatic carbocycles. The standard InChI is InChI=1S/C46H27N3S/c1-2-12-28(13-3-1)29-22-24-30(25-23-29)43-45-44(37-19-9-11-21-40(37)50-45)48-46(47-43)49-38-20-10-8-18-36(38)42-39(49)27-26-35-33-16-5-4-14-31(33)32-15-6-7-17-34(32)41(35)42/h1-27H. The first-order valence-corrected chi connectivity index (χ1v) is 17.7. The molecule has 4 heteroatoms. The fourth-order valence-electron chi connectivity index (χ4n) is 7.99. The molecule has 0 saturated carbocycles. The van der Waals surface area contributed by atoms with E-state index in [0.29, 0.717) is 5.95 Å². The van der Waals surface area contributed by atoms with Gasteiger partial charge in [-0.15, -0.1) is 11.3 Å². The number of nitrogens with zero attached hydrogens (tertiary/aromatic N) is 3. The Hall–Kier alpha value is -6.36. The molecule has 50 heavy (non-hydrogen) atoms. The van der Waals surface area contributed by atoms with Crippen molar-refractivity contribution in [3.05, 3.63) is 164 Å².